The fraction of sp³-hybridized carbons (Fsp3) is 0. The van der Waals surface area contributed by atoms with Crippen molar-refractivity contribution in [2.75, 3.05) is 0 Å². The summed E-state index contributed by atoms with van der Waals surface area (Å²) < 4.78 is 25.9. The van der Waals surface area contributed by atoms with Crippen molar-refractivity contribution in [3.05, 3.63) is 34.9 Å². The van der Waals surface area contributed by atoms with E-state index in [2.05, 4.69) is 5.92 Å². The molecule has 0 N–H and O–H groups in total. The first-order chi connectivity index (χ1) is 6.69. The van der Waals surface area contributed by atoms with Gasteiger partial charge in [-0.05, 0) is 18.1 Å². The Morgan fingerprint density at radius 1 is 1.21 bits per heavy atom. The summed E-state index contributed by atoms with van der Waals surface area (Å²) in [5.41, 5.74) is -0.632. The summed E-state index contributed by atoms with van der Waals surface area (Å²) in [6, 6.07) is 3.01. The van der Waals surface area contributed by atoms with Crippen LogP contribution in [-0.2, 0) is 4.79 Å². The Morgan fingerprint density at radius 2 is 1.79 bits per heavy atom. The number of hydrogen-bond acceptors (Lipinski definition) is 2. The standard InChI is InChI=1S/C10H3F2NO/c11-9-5-8(6-13)10(12)4-7(9)2-1-3-14/h3-5H. The van der Waals surface area contributed by atoms with Gasteiger partial charge >= 0.3 is 0 Å². The fourth-order valence-corrected chi connectivity index (χ4v) is 0.836. The molecule has 1 aromatic rings. The van der Waals surface area contributed by atoms with Gasteiger partial charge in [-0.15, -0.1) is 0 Å². The van der Waals surface area contributed by atoms with E-state index in [0.717, 1.165) is 12.1 Å². The van der Waals surface area contributed by atoms with Crippen LogP contribution in [0.3, 0.4) is 0 Å². The third-order valence-corrected chi connectivity index (χ3v) is 1.44. The van der Waals surface area contributed by atoms with Gasteiger partial charge in [-0.3, -0.25) is 4.79 Å². The lowest BCUT2D eigenvalue weighted by Crippen LogP contribution is -1.91. The molecule has 0 fully saturated rings. The van der Waals surface area contributed by atoms with E-state index in [-0.39, 0.29) is 17.4 Å². The maximum atomic E-state index is 13.0. The van der Waals surface area contributed by atoms with Crippen LogP contribution in [0.5, 0.6) is 0 Å². The Kier molecular flexibility index (Phi) is 2.93. The Balaban J connectivity index is 3.30. The summed E-state index contributed by atoms with van der Waals surface area (Å²) in [6.45, 7) is 0. The number of benzene rings is 1. The van der Waals surface area contributed by atoms with E-state index in [1.165, 1.54) is 6.07 Å². The zero-order chi connectivity index (χ0) is 10.6. The first-order valence-corrected chi connectivity index (χ1v) is 3.53. The number of carbonyl (C=O) groups is 1. The quantitative estimate of drug-likeness (QED) is 0.459. The van der Waals surface area contributed by atoms with Crippen LogP contribution in [0.2, 0.25) is 0 Å². The SMILES string of the molecule is N#Cc1cc(F)c(C#CC=O)cc1F. The van der Waals surface area contributed by atoms with Crippen LogP contribution in [0.1, 0.15) is 11.1 Å². The first-order valence-electron chi connectivity index (χ1n) is 3.53. The molecule has 0 atom stereocenters. The molecule has 0 aliphatic heterocycles. The van der Waals surface area contributed by atoms with Crippen molar-refractivity contribution in [3.8, 4) is 17.9 Å². The number of nitriles is 1. The molecule has 0 spiro atoms. The smallest absolute Gasteiger partial charge is 0.193 e. The minimum atomic E-state index is -0.857. The van der Waals surface area contributed by atoms with Crippen molar-refractivity contribution in [3.63, 3.8) is 0 Å². The largest absolute Gasteiger partial charge is 0.289 e. The van der Waals surface area contributed by atoms with Crippen molar-refractivity contribution < 1.29 is 13.6 Å². The summed E-state index contributed by atoms with van der Waals surface area (Å²) in [6.07, 6.45) is 0.273. The fourth-order valence-electron chi connectivity index (χ4n) is 0.836. The minimum Gasteiger partial charge on any atom is -0.289 e. The third-order valence-electron chi connectivity index (χ3n) is 1.44. The maximum absolute atomic E-state index is 13.0. The molecule has 0 unspecified atom stereocenters. The number of hydrogen-bond donors (Lipinski definition) is 0. The Morgan fingerprint density at radius 3 is 2.36 bits per heavy atom. The molecule has 4 heteroatoms. The highest BCUT2D eigenvalue weighted by Crippen LogP contribution is 2.13. The zero-order valence-corrected chi connectivity index (χ0v) is 6.84. The molecular formula is C10H3F2NO. The van der Waals surface area contributed by atoms with Gasteiger partial charge in [0.05, 0.1) is 11.1 Å². The van der Waals surface area contributed by atoms with E-state index >= 15 is 0 Å². The summed E-state index contributed by atoms with van der Waals surface area (Å²) in [4.78, 5) is 9.86. The van der Waals surface area contributed by atoms with Crippen molar-refractivity contribution >= 4 is 6.29 Å². The molecule has 2 nitrogen and oxygen atoms in total. The number of nitrogens with zero attached hydrogens (tertiary/aromatic N) is 1. The topological polar surface area (TPSA) is 40.9 Å². The Hall–Kier alpha value is -2.20. The van der Waals surface area contributed by atoms with Crippen molar-refractivity contribution in [1.29, 1.82) is 5.26 Å². The van der Waals surface area contributed by atoms with Gasteiger partial charge in [0.15, 0.2) is 6.29 Å². The molecule has 0 radical (unpaired) electrons. The molecule has 0 saturated carbocycles. The van der Waals surface area contributed by atoms with Gasteiger partial charge in [-0.1, -0.05) is 5.92 Å². The number of halogens is 2. The number of aldehydes is 1. The predicted molar refractivity (Wildman–Crippen MR) is 44.0 cm³/mol. The van der Waals surface area contributed by atoms with E-state index in [9.17, 15) is 13.6 Å². The normalized spacial score (nSPS) is 8.36. The van der Waals surface area contributed by atoms with Crippen LogP contribution < -0.4 is 0 Å². The lowest BCUT2D eigenvalue weighted by atomic mass is 10.1. The summed E-state index contributed by atoms with van der Waals surface area (Å²) in [5.74, 6) is 2.38. The van der Waals surface area contributed by atoms with Crippen LogP contribution in [-0.4, -0.2) is 6.29 Å². The van der Waals surface area contributed by atoms with Crippen LogP contribution >= 0.6 is 0 Å². The molecule has 1 rings (SSSR count). The molecule has 68 valence electrons. The van der Waals surface area contributed by atoms with E-state index in [1.807, 2.05) is 5.92 Å². The summed E-state index contributed by atoms with van der Waals surface area (Å²) >= 11 is 0. The highest BCUT2D eigenvalue weighted by atomic mass is 19.1. The zero-order valence-electron chi connectivity index (χ0n) is 6.84. The van der Waals surface area contributed by atoms with Gasteiger partial charge in [0.2, 0.25) is 0 Å². The summed E-state index contributed by atoms with van der Waals surface area (Å²) in [5, 5.41) is 8.36. The second-order valence-electron chi connectivity index (χ2n) is 2.31. The molecule has 0 saturated heterocycles. The van der Waals surface area contributed by atoms with Gasteiger partial charge in [-0.2, -0.15) is 5.26 Å². The molecule has 14 heavy (non-hydrogen) atoms. The lowest BCUT2D eigenvalue weighted by Gasteiger charge is -1.96. The third kappa shape index (κ3) is 1.94. The van der Waals surface area contributed by atoms with Crippen LogP contribution in [0.25, 0.3) is 0 Å². The molecule has 0 aromatic heterocycles. The van der Waals surface area contributed by atoms with Gasteiger partial charge in [-0.25, -0.2) is 8.78 Å². The second-order valence-corrected chi connectivity index (χ2v) is 2.31. The molecular weight excluding hydrogens is 188 g/mol. The first kappa shape index (κ1) is 9.88. The monoisotopic (exact) mass is 191 g/mol. The average molecular weight is 191 g/mol. The molecule has 0 amide bonds. The van der Waals surface area contributed by atoms with E-state index in [0.29, 0.717) is 0 Å². The Bertz CT molecular complexity index is 477. The van der Waals surface area contributed by atoms with Crippen molar-refractivity contribution in [2.45, 2.75) is 0 Å². The van der Waals surface area contributed by atoms with Gasteiger partial charge in [0.1, 0.15) is 17.7 Å². The maximum Gasteiger partial charge on any atom is 0.193 e. The van der Waals surface area contributed by atoms with Gasteiger partial charge in [0, 0.05) is 0 Å². The van der Waals surface area contributed by atoms with Gasteiger partial charge < -0.3 is 0 Å². The highest BCUT2D eigenvalue weighted by molar-refractivity contribution is 5.74. The number of rotatable bonds is 0. The highest BCUT2D eigenvalue weighted by Gasteiger charge is 2.07. The summed E-state index contributed by atoms with van der Waals surface area (Å²) in [7, 11) is 0. The lowest BCUT2D eigenvalue weighted by molar-refractivity contribution is -0.103. The predicted octanol–water partition coefficient (Wildman–Crippen LogP) is 1.39. The molecule has 0 bridgehead atoms. The van der Waals surface area contributed by atoms with Crippen molar-refractivity contribution in [2.24, 2.45) is 0 Å². The van der Waals surface area contributed by atoms with Crippen molar-refractivity contribution in [1.82, 2.24) is 0 Å². The molecule has 0 aliphatic rings. The van der Waals surface area contributed by atoms with E-state index < -0.39 is 11.6 Å². The second kappa shape index (κ2) is 4.15. The molecule has 0 aliphatic carbocycles. The van der Waals surface area contributed by atoms with Crippen LogP contribution in [0, 0.1) is 34.8 Å². The Labute approximate surface area is 78.8 Å². The minimum absolute atomic E-state index is 0.242. The van der Waals surface area contributed by atoms with Gasteiger partial charge in [0.25, 0.3) is 0 Å². The number of carbonyl (C=O) groups excluding carboxylic acids is 1. The average Bonchev–Trinajstić information content (AvgIpc) is 2.18. The molecule has 1 aromatic carbocycles. The van der Waals surface area contributed by atoms with Crippen LogP contribution in [0.4, 0.5) is 8.78 Å². The van der Waals surface area contributed by atoms with Crippen LogP contribution in [0.15, 0.2) is 12.1 Å². The van der Waals surface area contributed by atoms with E-state index in [1.54, 1.807) is 0 Å². The molecule has 0 heterocycles. The van der Waals surface area contributed by atoms with E-state index in [4.69, 9.17) is 5.26 Å².